The Bertz CT molecular complexity index is 526. The molecule has 0 saturated carbocycles. The minimum Gasteiger partial charge on any atom is -0.299 e. The van der Waals surface area contributed by atoms with Crippen LogP contribution in [0.3, 0.4) is 0 Å². The molecule has 0 N–H and O–H groups in total. The number of aromatic nitrogens is 2. The Morgan fingerprint density at radius 3 is 2.71 bits per heavy atom. The van der Waals surface area contributed by atoms with Crippen molar-refractivity contribution < 1.29 is 4.79 Å². The Morgan fingerprint density at radius 1 is 1.41 bits per heavy atom. The lowest BCUT2D eigenvalue weighted by atomic mass is 10.0. The van der Waals surface area contributed by atoms with Crippen molar-refractivity contribution in [2.24, 2.45) is 7.05 Å². The average molecular weight is 248 g/mol. The Morgan fingerprint density at radius 2 is 2.18 bits per heavy atom. The molecule has 2 rings (SSSR count). The third kappa shape index (κ3) is 2.64. The molecule has 0 aromatic carbocycles. The van der Waals surface area contributed by atoms with E-state index in [0.29, 0.717) is 12.8 Å². The van der Waals surface area contributed by atoms with Crippen LogP contribution in [0.5, 0.6) is 0 Å². The summed E-state index contributed by atoms with van der Waals surface area (Å²) >= 11 is 1.63. The molecule has 0 spiro atoms. The Labute approximate surface area is 105 Å². The molecule has 0 fully saturated rings. The second kappa shape index (κ2) is 4.84. The third-order valence-electron chi connectivity index (χ3n) is 3.01. The molecule has 17 heavy (non-hydrogen) atoms. The van der Waals surface area contributed by atoms with Crippen LogP contribution in [0.15, 0.2) is 16.8 Å². The van der Waals surface area contributed by atoms with Gasteiger partial charge in [0.05, 0.1) is 5.69 Å². The summed E-state index contributed by atoms with van der Waals surface area (Å²) in [5.74, 6) is 0.252. The van der Waals surface area contributed by atoms with Gasteiger partial charge < -0.3 is 0 Å². The van der Waals surface area contributed by atoms with Gasteiger partial charge in [0.15, 0.2) is 0 Å². The van der Waals surface area contributed by atoms with Crippen molar-refractivity contribution in [1.29, 1.82) is 0 Å². The van der Waals surface area contributed by atoms with E-state index in [0.717, 1.165) is 22.5 Å². The smallest absolute Gasteiger partial charge is 0.141 e. The van der Waals surface area contributed by atoms with Gasteiger partial charge in [-0.2, -0.15) is 16.4 Å². The predicted molar refractivity (Wildman–Crippen MR) is 69.4 cm³/mol. The summed E-state index contributed by atoms with van der Waals surface area (Å²) in [6.45, 7) is 3.97. The van der Waals surface area contributed by atoms with Gasteiger partial charge in [-0.25, -0.2) is 0 Å². The summed E-state index contributed by atoms with van der Waals surface area (Å²) < 4.78 is 1.84. The zero-order valence-electron chi connectivity index (χ0n) is 10.4. The van der Waals surface area contributed by atoms with E-state index in [1.807, 2.05) is 42.4 Å². The zero-order chi connectivity index (χ0) is 12.4. The quantitative estimate of drug-likeness (QED) is 0.833. The minimum atomic E-state index is 0.252. The molecule has 0 atom stereocenters. The van der Waals surface area contributed by atoms with Gasteiger partial charge in [-0.05, 0) is 36.2 Å². The van der Waals surface area contributed by atoms with Gasteiger partial charge in [0, 0.05) is 31.1 Å². The van der Waals surface area contributed by atoms with Crippen molar-refractivity contribution in [2.75, 3.05) is 0 Å². The van der Waals surface area contributed by atoms with Gasteiger partial charge >= 0.3 is 0 Å². The average Bonchev–Trinajstić information content (AvgIpc) is 2.83. The van der Waals surface area contributed by atoms with Crippen LogP contribution in [0.4, 0.5) is 0 Å². The fraction of sp³-hybridized carbons (Fsp3) is 0.385. The lowest BCUT2D eigenvalue weighted by Crippen LogP contribution is -2.07. The Kier molecular flexibility index (Phi) is 3.43. The molecule has 0 aliphatic carbocycles. The van der Waals surface area contributed by atoms with Crippen LogP contribution in [0.25, 0.3) is 0 Å². The number of thiophene rings is 1. The van der Waals surface area contributed by atoms with E-state index in [1.54, 1.807) is 11.3 Å². The fourth-order valence-corrected chi connectivity index (χ4v) is 2.62. The van der Waals surface area contributed by atoms with Crippen molar-refractivity contribution in [1.82, 2.24) is 9.78 Å². The van der Waals surface area contributed by atoms with E-state index in [2.05, 4.69) is 5.10 Å². The van der Waals surface area contributed by atoms with E-state index in [-0.39, 0.29) is 5.78 Å². The van der Waals surface area contributed by atoms with Gasteiger partial charge in [-0.3, -0.25) is 9.48 Å². The lowest BCUT2D eigenvalue weighted by molar-refractivity contribution is -0.117. The van der Waals surface area contributed by atoms with Crippen LogP contribution in [0, 0.1) is 13.8 Å². The number of nitrogens with zero attached hydrogens (tertiary/aromatic N) is 2. The molecule has 0 aliphatic heterocycles. The highest BCUT2D eigenvalue weighted by atomic mass is 32.1. The van der Waals surface area contributed by atoms with Crippen LogP contribution >= 0.6 is 11.3 Å². The number of rotatable bonds is 4. The first-order valence-corrected chi connectivity index (χ1v) is 6.54. The van der Waals surface area contributed by atoms with Crippen LogP contribution in [-0.4, -0.2) is 15.6 Å². The summed E-state index contributed by atoms with van der Waals surface area (Å²) in [4.78, 5) is 12.0. The molecule has 0 aliphatic rings. The molecule has 0 saturated heterocycles. The van der Waals surface area contributed by atoms with Gasteiger partial charge in [0.25, 0.3) is 0 Å². The van der Waals surface area contributed by atoms with Crippen LogP contribution in [0.1, 0.15) is 22.5 Å². The van der Waals surface area contributed by atoms with Gasteiger partial charge in [-0.15, -0.1) is 0 Å². The lowest BCUT2D eigenvalue weighted by Gasteiger charge is -2.01. The Balaban J connectivity index is 2.08. The maximum absolute atomic E-state index is 12.0. The van der Waals surface area contributed by atoms with Gasteiger partial charge in [0.1, 0.15) is 5.78 Å². The number of aryl methyl sites for hydroxylation is 2. The number of hydrogen-bond donors (Lipinski definition) is 0. The van der Waals surface area contributed by atoms with E-state index in [1.165, 1.54) is 0 Å². The molecule has 0 radical (unpaired) electrons. The molecule has 90 valence electrons. The van der Waals surface area contributed by atoms with Crippen molar-refractivity contribution in [2.45, 2.75) is 26.7 Å². The molecule has 3 nitrogen and oxygen atoms in total. The predicted octanol–water partition coefficient (Wildman–Crippen LogP) is 2.45. The first-order valence-electron chi connectivity index (χ1n) is 5.59. The topological polar surface area (TPSA) is 34.9 Å². The number of carbonyl (C=O) groups is 1. The number of hydrogen-bond acceptors (Lipinski definition) is 3. The highest BCUT2D eigenvalue weighted by Crippen LogP contribution is 2.15. The zero-order valence-corrected chi connectivity index (χ0v) is 11.2. The minimum absolute atomic E-state index is 0.252. The van der Waals surface area contributed by atoms with Crippen molar-refractivity contribution >= 4 is 17.1 Å². The molecule has 2 aromatic rings. The van der Waals surface area contributed by atoms with E-state index >= 15 is 0 Å². The summed E-state index contributed by atoms with van der Waals surface area (Å²) in [7, 11) is 1.91. The fourth-order valence-electron chi connectivity index (χ4n) is 1.95. The first-order chi connectivity index (χ1) is 8.08. The maximum Gasteiger partial charge on any atom is 0.141 e. The van der Waals surface area contributed by atoms with Crippen molar-refractivity contribution in [3.8, 4) is 0 Å². The van der Waals surface area contributed by atoms with Crippen LogP contribution < -0.4 is 0 Å². The second-order valence-corrected chi connectivity index (χ2v) is 5.08. The standard InChI is InChI=1S/C13H16N2OS/c1-9-13(10(2)15(3)14-9)7-12(16)6-11-4-5-17-8-11/h4-5,8H,6-7H2,1-3H3. The van der Waals surface area contributed by atoms with E-state index in [9.17, 15) is 4.79 Å². The van der Waals surface area contributed by atoms with E-state index < -0.39 is 0 Å². The molecule has 4 heteroatoms. The first kappa shape index (κ1) is 12.0. The number of Topliss-reactive ketones (excluding diaryl/α,β-unsaturated/α-hetero) is 1. The summed E-state index contributed by atoms with van der Waals surface area (Å²) in [6.07, 6.45) is 1.01. The largest absolute Gasteiger partial charge is 0.299 e. The number of carbonyl (C=O) groups excluding carboxylic acids is 1. The second-order valence-electron chi connectivity index (χ2n) is 4.30. The highest BCUT2D eigenvalue weighted by molar-refractivity contribution is 7.07. The van der Waals surface area contributed by atoms with Crippen molar-refractivity contribution in [3.63, 3.8) is 0 Å². The van der Waals surface area contributed by atoms with Crippen LogP contribution in [0.2, 0.25) is 0 Å². The SMILES string of the molecule is Cc1nn(C)c(C)c1CC(=O)Cc1ccsc1. The molecule has 0 amide bonds. The van der Waals surface area contributed by atoms with Gasteiger partial charge in [0.2, 0.25) is 0 Å². The highest BCUT2D eigenvalue weighted by Gasteiger charge is 2.13. The molecule has 0 unspecified atom stereocenters. The molecule has 0 bridgehead atoms. The van der Waals surface area contributed by atoms with E-state index in [4.69, 9.17) is 0 Å². The molecular weight excluding hydrogens is 232 g/mol. The normalized spacial score (nSPS) is 10.8. The monoisotopic (exact) mass is 248 g/mol. The summed E-state index contributed by atoms with van der Waals surface area (Å²) in [6, 6.07) is 2.01. The van der Waals surface area contributed by atoms with Gasteiger partial charge in [-0.1, -0.05) is 0 Å². The maximum atomic E-state index is 12.0. The van der Waals surface area contributed by atoms with Crippen LogP contribution in [-0.2, 0) is 24.7 Å². The molecular formula is C13H16N2OS. The molecule has 2 heterocycles. The Hall–Kier alpha value is -1.42. The summed E-state index contributed by atoms with van der Waals surface area (Å²) in [5, 5.41) is 8.36. The third-order valence-corrected chi connectivity index (χ3v) is 3.75. The molecule has 2 aromatic heterocycles. The van der Waals surface area contributed by atoms with Crippen molar-refractivity contribution in [3.05, 3.63) is 39.3 Å². The number of ketones is 1. The summed E-state index contributed by atoms with van der Waals surface area (Å²) in [5.41, 5.74) is 4.23.